The third-order valence-electron chi connectivity index (χ3n) is 5.40. The number of thiophene rings is 1. The molecular weight excluding hydrogens is 462 g/mol. The van der Waals surface area contributed by atoms with Crippen LogP contribution < -0.4 is 4.72 Å². The predicted octanol–water partition coefficient (Wildman–Crippen LogP) is 3.93. The Morgan fingerprint density at radius 2 is 2.00 bits per heavy atom. The summed E-state index contributed by atoms with van der Waals surface area (Å²) in [6, 6.07) is 2.60. The maximum Gasteiger partial charge on any atom is 0.340 e. The van der Waals surface area contributed by atoms with Crippen LogP contribution in [0.3, 0.4) is 0 Å². The molecule has 3 rings (SSSR count). The van der Waals surface area contributed by atoms with E-state index in [-0.39, 0.29) is 33.8 Å². The summed E-state index contributed by atoms with van der Waals surface area (Å²) in [5, 5.41) is 0. The van der Waals surface area contributed by atoms with E-state index in [1.807, 2.05) is 13.8 Å². The monoisotopic (exact) mass is 486 g/mol. The predicted molar refractivity (Wildman–Crippen MR) is 116 cm³/mol. The van der Waals surface area contributed by atoms with Gasteiger partial charge in [0.2, 0.25) is 5.91 Å². The minimum atomic E-state index is -4.31. The van der Waals surface area contributed by atoms with Crippen molar-refractivity contribution in [1.82, 2.24) is 4.90 Å². The van der Waals surface area contributed by atoms with Crippen molar-refractivity contribution in [2.24, 2.45) is 5.92 Å². The molecule has 32 heavy (non-hydrogen) atoms. The Bertz CT molecular complexity index is 1150. The number of carbonyl (C=O) groups excluding carboxylic acids is 2. The molecule has 2 aromatic rings. The smallest absolute Gasteiger partial charge is 0.340 e. The first-order valence-electron chi connectivity index (χ1n) is 10.1. The molecule has 174 valence electrons. The zero-order valence-electron chi connectivity index (χ0n) is 17.9. The quantitative estimate of drug-likeness (QED) is 0.599. The summed E-state index contributed by atoms with van der Waals surface area (Å²) >= 11 is 0.872. The average molecular weight is 487 g/mol. The second-order valence-electron chi connectivity index (χ2n) is 7.68. The molecule has 0 bridgehead atoms. The Morgan fingerprint density at radius 1 is 1.28 bits per heavy atom. The molecule has 1 aliphatic rings. The van der Waals surface area contributed by atoms with Crippen molar-refractivity contribution in [2.75, 3.05) is 18.4 Å². The Morgan fingerprint density at radius 3 is 2.62 bits per heavy atom. The molecule has 7 nitrogen and oxygen atoms in total. The SMILES string of the molecule is CCC(C)CC(=O)N1CCc2c(sc(S(=O)(=O)Nc3ccc(F)c(F)c3)c2C(=O)OC)C1. The summed E-state index contributed by atoms with van der Waals surface area (Å²) in [7, 11) is -3.16. The molecule has 1 aromatic heterocycles. The number of nitrogens with zero attached hydrogens (tertiary/aromatic N) is 1. The standard InChI is InChI=1S/C21H24F2N2O5S2/c1-4-12(2)9-18(26)25-8-7-14-17(11-25)31-21(19(14)20(27)30-3)32(28,29)24-13-5-6-15(22)16(23)10-13/h5-6,10,12,24H,4,7-9,11H2,1-3H3. The molecule has 0 spiro atoms. The highest BCUT2D eigenvalue weighted by atomic mass is 32.2. The van der Waals surface area contributed by atoms with E-state index in [1.165, 1.54) is 0 Å². The number of nitrogens with one attached hydrogen (secondary N) is 1. The third kappa shape index (κ3) is 4.93. The number of amides is 1. The van der Waals surface area contributed by atoms with E-state index in [9.17, 15) is 26.8 Å². The van der Waals surface area contributed by atoms with Gasteiger partial charge >= 0.3 is 5.97 Å². The fourth-order valence-electron chi connectivity index (χ4n) is 3.42. The van der Waals surface area contributed by atoms with Crippen LogP contribution in [0.1, 0.15) is 47.5 Å². The normalized spacial score (nSPS) is 14.6. The highest BCUT2D eigenvalue weighted by Gasteiger charge is 2.35. The molecule has 0 saturated carbocycles. The second-order valence-corrected chi connectivity index (χ2v) is 10.7. The van der Waals surface area contributed by atoms with Crippen molar-refractivity contribution in [3.05, 3.63) is 45.8 Å². The number of halogens is 2. The van der Waals surface area contributed by atoms with Gasteiger partial charge in [-0.15, -0.1) is 11.3 Å². The largest absolute Gasteiger partial charge is 0.465 e. The number of sulfonamides is 1. The lowest BCUT2D eigenvalue weighted by molar-refractivity contribution is -0.133. The van der Waals surface area contributed by atoms with Crippen molar-refractivity contribution in [3.8, 4) is 0 Å². The van der Waals surface area contributed by atoms with Gasteiger partial charge in [0, 0.05) is 23.9 Å². The Labute approximate surface area is 189 Å². The van der Waals surface area contributed by atoms with E-state index < -0.39 is 27.6 Å². The van der Waals surface area contributed by atoms with Crippen LogP contribution in [0, 0.1) is 17.6 Å². The minimum absolute atomic E-state index is 0.0256. The Kier molecular flexibility index (Phi) is 7.19. The molecule has 1 aromatic carbocycles. The van der Waals surface area contributed by atoms with Gasteiger partial charge in [-0.2, -0.15) is 0 Å². The molecule has 1 unspecified atom stereocenters. The van der Waals surface area contributed by atoms with Crippen molar-refractivity contribution in [1.29, 1.82) is 0 Å². The number of fused-ring (bicyclic) bond motifs is 1. The number of carbonyl (C=O) groups is 2. The molecule has 1 amide bonds. The third-order valence-corrected chi connectivity index (χ3v) is 8.52. The topological polar surface area (TPSA) is 92.8 Å². The van der Waals surface area contributed by atoms with Crippen molar-refractivity contribution < 1.29 is 31.5 Å². The summed E-state index contributed by atoms with van der Waals surface area (Å²) < 4.78 is 59.5. The lowest BCUT2D eigenvalue weighted by atomic mass is 10.0. The van der Waals surface area contributed by atoms with Crippen LogP contribution in [-0.2, 0) is 32.5 Å². The van der Waals surface area contributed by atoms with Gasteiger partial charge in [0.05, 0.1) is 24.9 Å². The van der Waals surface area contributed by atoms with E-state index >= 15 is 0 Å². The first kappa shape index (κ1) is 24.1. The van der Waals surface area contributed by atoms with Gasteiger partial charge in [-0.1, -0.05) is 20.3 Å². The Hall–Kier alpha value is -2.53. The van der Waals surface area contributed by atoms with Crippen LogP contribution >= 0.6 is 11.3 Å². The number of hydrogen-bond donors (Lipinski definition) is 1. The van der Waals surface area contributed by atoms with Gasteiger partial charge in [0.15, 0.2) is 15.8 Å². The van der Waals surface area contributed by atoms with Crippen LogP contribution in [0.15, 0.2) is 22.4 Å². The van der Waals surface area contributed by atoms with Crippen LogP contribution in [0.25, 0.3) is 0 Å². The number of hydrogen-bond acceptors (Lipinski definition) is 6. The van der Waals surface area contributed by atoms with Gasteiger partial charge < -0.3 is 9.64 Å². The second kappa shape index (κ2) is 9.53. The van der Waals surface area contributed by atoms with Gasteiger partial charge in [-0.25, -0.2) is 22.0 Å². The van der Waals surface area contributed by atoms with E-state index in [2.05, 4.69) is 4.72 Å². The number of ether oxygens (including phenoxy) is 1. The van der Waals surface area contributed by atoms with E-state index in [0.717, 1.165) is 37.0 Å². The zero-order chi connectivity index (χ0) is 23.6. The van der Waals surface area contributed by atoms with Gasteiger partial charge in [0.25, 0.3) is 10.0 Å². The number of esters is 1. The molecule has 1 N–H and O–H groups in total. The summed E-state index contributed by atoms with van der Waals surface area (Å²) in [6.07, 6.45) is 1.57. The van der Waals surface area contributed by atoms with E-state index in [4.69, 9.17) is 4.74 Å². The summed E-state index contributed by atoms with van der Waals surface area (Å²) in [5.41, 5.74) is 0.258. The van der Waals surface area contributed by atoms with Crippen LogP contribution in [0.5, 0.6) is 0 Å². The van der Waals surface area contributed by atoms with E-state index in [0.29, 0.717) is 35.9 Å². The number of methoxy groups -OCH3 is 1. The molecule has 0 aliphatic carbocycles. The first-order chi connectivity index (χ1) is 15.1. The highest BCUT2D eigenvalue weighted by molar-refractivity contribution is 7.94. The van der Waals surface area contributed by atoms with Gasteiger partial charge in [0.1, 0.15) is 0 Å². The zero-order valence-corrected chi connectivity index (χ0v) is 19.5. The number of benzene rings is 1. The Balaban J connectivity index is 1.96. The average Bonchev–Trinajstić information content (AvgIpc) is 3.15. The van der Waals surface area contributed by atoms with Crippen LogP contribution in [-0.4, -0.2) is 38.8 Å². The highest BCUT2D eigenvalue weighted by Crippen LogP contribution is 2.37. The summed E-state index contributed by atoms with van der Waals surface area (Å²) in [5.74, 6) is -2.93. The number of anilines is 1. The molecule has 1 aliphatic heterocycles. The molecule has 1 atom stereocenters. The maximum absolute atomic E-state index is 13.5. The molecule has 0 saturated heterocycles. The summed E-state index contributed by atoms with van der Waals surface area (Å²) in [6.45, 7) is 4.55. The van der Waals surface area contributed by atoms with Crippen LogP contribution in [0.4, 0.5) is 14.5 Å². The lowest BCUT2D eigenvalue weighted by Crippen LogP contribution is -2.36. The maximum atomic E-state index is 13.5. The van der Waals surface area contributed by atoms with Gasteiger partial charge in [-0.05, 0) is 30.0 Å². The van der Waals surface area contributed by atoms with Crippen molar-refractivity contribution in [2.45, 2.75) is 43.9 Å². The molecule has 0 radical (unpaired) electrons. The lowest BCUT2D eigenvalue weighted by Gasteiger charge is -2.28. The van der Waals surface area contributed by atoms with Crippen molar-refractivity contribution in [3.63, 3.8) is 0 Å². The van der Waals surface area contributed by atoms with E-state index in [1.54, 1.807) is 4.90 Å². The van der Waals surface area contributed by atoms with Crippen LogP contribution in [0.2, 0.25) is 0 Å². The summed E-state index contributed by atoms with van der Waals surface area (Å²) in [4.78, 5) is 27.3. The minimum Gasteiger partial charge on any atom is -0.465 e. The molecule has 2 heterocycles. The first-order valence-corrected chi connectivity index (χ1v) is 12.4. The molecule has 0 fully saturated rings. The fraction of sp³-hybridized carbons (Fsp3) is 0.429. The molecule has 11 heteroatoms. The fourth-order valence-corrected chi connectivity index (χ4v) is 6.37. The number of rotatable bonds is 7. The van der Waals surface area contributed by atoms with Crippen molar-refractivity contribution >= 4 is 38.9 Å². The van der Waals surface area contributed by atoms with Gasteiger partial charge in [-0.3, -0.25) is 9.52 Å². The molecular formula is C21H24F2N2O5S2.